The highest BCUT2D eigenvalue weighted by Gasteiger charge is 2.24. The Morgan fingerprint density at radius 3 is 2.06 bits per heavy atom. The normalized spacial score (nSPS) is 15.1. The van der Waals surface area contributed by atoms with Gasteiger partial charge in [0.15, 0.2) is 0 Å². The number of nitrogens with one attached hydrogen (secondary N) is 1. The highest BCUT2D eigenvalue weighted by molar-refractivity contribution is 4.87. The molecule has 0 fully saturated rings. The van der Waals surface area contributed by atoms with Gasteiger partial charge in [0.25, 0.3) is 0 Å². The van der Waals surface area contributed by atoms with Crippen LogP contribution in [-0.2, 0) is 0 Å². The summed E-state index contributed by atoms with van der Waals surface area (Å²) in [5.41, 5.74) is 0.417. The second-order valence-corrected chi connectivity index (χ2v) is 6.93. The molecular formula is C15H32N2. The van der Waals surface area contributed by atoms with Gasteiger partial charge in [0.2, 0.25) is 0 Å². The lowest BCUT2D eigenvalue weighted by Gasteiger charge is -2.40. The van der Waals surface area contributed by atoms with Crippen molar-refractivity contribution in [2.75, 3.05) is 13.1 Å². The molecule has 0 spiro atoms. The van der Waals surface area contributed by atoms with Crippen LogP contribution < -0.4 is 5.32 Å². The van der Waals surface area contributed by atoms with Crippen molar-refractivity contribution >= 4 is 0 Å². The summed E-state index contributed by atoms with van der Waals surface area (Å²) in [7, 11) is 0. The molecule has 0 radical (unpaired) electrons. The average Bonchev–Trinajstić information content (AvgIpc) is 2.09. The molecule has 2 heteroatoms. The fraction of sp³-hybridized carbons (Fsp3) is 0.867. The fourth-order valence-corrected chi connectivity index (χ4v) is 2.07. The summed E-state index contributed by atoms with van der Waals surface area (Å²) in [5, 5.41) is 3.55. The van der Waals surface area contributed by atoms with Crippen LogP contribution in [0.25, 0.3) is 0 Å². The lowest BCUT2D eigenvalue weighted by molar-refractivity contribution is 0.0997. The van der Waals surface area contributed by atoms with E-state index in [1.54, 1.807) is 0 Å². The van der Waals surface area contributed by atoms with E-state index in [2.05, 4.69) is 65.3 Å². The monoisotopic (exact) mass is 240 g/mol. The van der Waals surface area contributed by atoms with E-state index in [1.165, 1.54) is 6.42 Å². The van der Waals surface area contributed by atoms with Crippen LogP contribution in [0.5, 0.6) is 0 Å². The van der Waals surface area contributed by atoms with Crippen LogP contribution in [-0.4, -0.2) is 35.1 Å². The molecule has 0 bridgehead atoms. The first-order valence-corrected chi connectivity index (χ1v) is 6.70. The molecule has 0 aliphatic rings. The summed E-state index contributed by atoms with van der Waals surface area (Å²) < 4.78 is 0. The number of hydrogen-bond acceptors (Lipinski definition) is 2. The quantitative estimate of drug-likeness (QED) is 0.716. The van der Waals surface area contributed by atoms with Crippen LogP contribution >= 0.6 is 0 Å². The molecule has 0 aliphatic carbocycles. The Bertz CT molecular complexity index is 220. The minimum Gasteiger partial charge on any atom is -0.312 e. The van der Waals surface area contributed by atoms with E-state index >= 15 is 0 Å². The van der Waals surface area contributed by atoms with Gasteiger partial charge in [-0.15, -0.1) is 6.58 Å². The van der Waals surface area contributed by atoms with Crippen molar-refractivity contribution in [3.8, 4) is 0 Å². The predicted molar refractivity (Wildman–Crippen MR) is 78.5 cm³/mol. The molecule has 0 aromatic rings. The molecule has 1 N–H and O–H groups in total. The minimum atomic E-state index is 0.204. The molecule has 102 valence electrons. The Kier molecular flexibility index (Phi) is 6.42. The zero-order chi connectivity index (χ0) is 13.7. The van der Waals surface area contributed by atoms with Crippen LogP contribution in [0.3, 0.4) is 0 Å². The van der Waals surface area contributed by atoms with Crippen LogP contribution in [0.1, 0.15) is 54.9 Å². The molecule has 0 aromatic carbocycles. The van der Waals surface area contributed by atoms with E-state index in [0.717, 1.165) is 13.1 Å². The van der Waals surface area contributed by atoms with E-state index in [-0.39, 0.29) is 11.1 Å². The zero-order valence-corrected chi connectivity index (χ0v) is 12.9. The van der Waals surface area contributed by atoms with E-state index < -0.39 is 0 Å². The van der Waals surface area contributed by atoms with Gasteiger partial charge in [-0.05, 0) is 61.4 Å². The first kappa shape index (κ1) is 16.7. The summed E-state index contributed by atoms with van der Waals surface area (Å²) >= 11 is 0. The molecule has 17 heavy (non-hydrogen) atoms. The second kappa shape index (κ2) is 6.55. The van der Waals surface area contributed by atoms with E-state index in [0.29, 0.717) is 6.04 Å². The third-order valence-corrected chi connectivity index (χ3v) is 2.94. The Labute approximate surface area is 108 Å². The van der Waals surface area contributed by atoms with Gasteiger partial charge in [0.1, 0.15) is 0 Å². The Morgan fingerprint density at radius 2 is 1.71 bits per heavy atom. The van der Waals surface area contributed by atoms with Crippen molar-refractivity contribution in [1.29, 1.82) is 0 Å². The molecule has 1 unspecified atom stereocenters. The topological polar surface area (TPSA) is 15.3 Å². The molecule has 0 heterocycles. The molecule has 0 rings (SSSR count). The van der Waals surface area contributed by atoms with E-state index in [9.17, 15) is 0 Å². The Hall–Kier alpha value is -0.340. The van der Waals surface area contributed by atoms with Gasteiger partial charge in [0.05, 0.1) is 0 Å². The zero-order valence-electron chi connectivity index (χ0n) is 12.9. The largest absolute Gasteiger partial charge is 0.312 e. The fourth-order valence-electron chi connectivity index (χ4n) is 2.07. The third-order valence-electron chi connectivity index (χ3n) is 2.94. The maximum absolute atomic E-state index is 3.86. The maximum atomic E-state index is 3.86. The van der Waals surface area contributed by atoms with Crippen LogP contribution in [0, 0.1) is 0 Å². The minimum absolute atomic E-state index is 0.204. The summed E-state index contributed by atoms with van der Waals surface area (Å²) in [6.07, 6.45) is 3.17. The van der Waals surface area contributed by atoms with Crippen LogP contribution in [0.15, 0.2) is 12.7 Å². The molecule has 0 aliphatic heterocycles. The van der Waals surface area contributed by atoms with Gasteiger partial charge in [-0.3, -0.25) is 4.90 Å². The highest BCUT2D eigenvalue weighted by Crippen LogP contribution is 2.18. The number of rotatable bonds is 6. The molecular weight excluding hydrogens is 208 g/mol. The Morgan fingerprint density at radius 1 is 1.18 bits per heavy atom. The van der Waals surface area contributed by atoms with Crippen LogP contribution in [0.2, 0.25) is 0 Å². The van der Waals surface area contributed by atoms with Crippen LogP contribution in [0.4, 0.5) is 0 Å². The molecule has 2 nitrogen and oxygen atoms in total. The van der Waals surface area contributed by atoms with Crippen molar-refractivity contribution in [2.24, 2.45) is 0 Å². The lowest BCUT2D eigenvalue weighted by atomic mass is 10.0. The van der Waals surface area contributed by atoms with Crippen molar-refractivity contribution in [3.05, 3.63) is 12.7 Å². The van der Waals surface area contributed by atoms with E-state index in [1.807, 2.05) is 6.08 Å². The van der Waals surface area contributed by atoms with Crippen molar-refractivity contribution < 1.29 is 0 Å². The SMILES string of the molecule is C=CCN(C(C)CCNC(C)(C)C)C(C)(C)C. The molecule has 0 saturated heterocycles. The van der Waals surface area contributed by atoms with Gasteiger partial charge < -0.3 is 5.32 Å². The van der Waals surface area contributed by atoms with E-state index in [4.69, 9.17) is 0 Å². The van der Waals surface area contributed by atoms with Gasteiger partial charge >= 0.3 is 0 Å². The predicted octanol–water partition coefficient (Wildman–Crippen LogP) is 3.44. The smallest absolute Gasteiger partial charge is 0.0168 e. The molecule has 0 amide bonds. The van der Waals surface area contributed by atoms with Gasteiger partial charge in [-0.2, -0.15) is 0 Å². The van der Waals surface area contributed by atoms with Gasteiger partial charge in [-0.1, -0.05) is 6.08 Å². The maximum Gasteiger partial charge on any atom is 0.0168 e. The summed E-state index contributed by atoms with van der Waals surface area (Å²) in [6, 6.07) is 0.572. The first-order chi connectivity index (χ1) is 7.58. The average molecular weight is 240 g/mol. The van der Waals surface area contributed by atoms with Crippen molar-refractivity contribution in [3.63, 3.8) is 0 Å². The second-order valence-electron chi connectivity index (χ2n) is 6.93. The molecule has 0 aromatic heterocycles. The first-order valence-electron chi connectivity index (χ1n) is 6.70. The molecule has 1 atom stereocenters. The summed E-state index contributed by atoms with van der Waals surface area (Å²) in [6.45, 7) is 21.6. The van der Waals surface area contributed by atoms with Crippen molar-refractivity contribution in [1.82, 2.24) is 10.2 Å². The van der Waals surface area contributed by atoms with Crippen molar-refractivity contribution in [2.45, 2.75) is 72.0 Å². The number of hydrogen-bond donors (Lipinski definition) is 1. The standard InChI is InChI=1S/C15H32N2/c1-9-12-17(15(6,7)8)13(2)10-11-16-14(3,4)5/h9,13,16H,1,10-12H2,2-8H3. The van der Waals surface area contributed by atoms with Gasteiger partial charge in [0, 0.05) is 23.7 Å². The lowest BCUT2D eigenvalue weighted by Crippen LogP contribution is -2.48. The number of nitrogens with zero attached hydrogens (tertiary/aromatic N) is 1. The summed E-state index contributed by atoms with van der Waals surface area (Å²) in [4.78, 5) is 2.50. The van der Waals surface area contributed by atoms with Gasteiger partial charge in [-0.25, -0.2) is 0 Å². The Balaban J connectivity index is 4.25. The highest BCUT2D eigenvalue weighted by atomic mass is 15.2. The summed E-state index contributed by atoms with van der Waals surface area (Å²) in [5.74, 6) is 0. The molecule has 0 saturated carbocycles. The third kappa shape index (κ3) is 7.56.